The summed E-state index contributed by atoms with van der Waals surface area (Å²) in [6.45, 7) is 1.82. The maximum Gasteiger partial charge on any atom is 0.339 e. The summed E-state index contributed by atoms with van der Waals surface area (Å²) in [7, 11) is 0. The number of esters is 1. The molecule has 1 aliphatic heterocycles. The molecule has 2 N–H and O–H groups in total. The highest BCUT2D eigenvalue weighted by atomic mass is 16.5. The minimum atomic E-state index is -0.273. The number of hydrogen-bond donors (Lipinski definition) is 1. The molecule has 12 heavy (non-hydrogen) atoms. The second-order valence-corrected chi connectivity index (χ2v) is 2.86. The molecule has 1 atom stereocenters. The van der Waals surface area contributed by atoms with Gasteiger partial charge < -0.3 is 10.5 Å². The Bertz CT molecular complexity index is 346. The maximum absolute atomic E-state index is 11.2. The van der Waals surface area contributed by atoms with Crippen molar-refractivity contribution in [3.05, 3.63) is 29.3 Å². The van der Waals surface area contributed by atoms with E-state index in [0.29, 0.717) is 11.3 Å². The number of ether oxygens (including phenoxy) is 1. The van der Waals surface area contributed by atoms with Gasteiger partial charge in [-0.3, -0.25) is 0 Å². The summed E-state index contributed by atoms with van der Waals surface area (Å²) in [4.78, 5) is 11.2. The van der Waals surface area contributed by atoms with Crippen LogP contribution in [-0.4, -0.2) is 5.97 Å². The Morgan fingerprint density at radius 2 is 2.25 bits per heavy atom. The average Bonchev–Trinajstić information content (AvgIpc) is 2.29. The molecular weight excluding hydrogens is 154 g/mol. The molecule has 62 valence electrons. The monoisotopic (exact) mass is 163 g/mol. The van der Waals surface area contributed by atoms with Crippen LogP contribution in [0.1, 0.15) is 28.9 Å². The van der Waals surface area contributed by atoms with Crippen LogP contribution in [0.4, 0.5) is 5.69 Å². The molecule has 1 unspecified atom stereocenters. The zero-order chi connectivity index (χ0) is 8.72. The predicted octanol–water partition coefficient (Wildman–Crippen LogP) is 1.50. The van der Waals surface area contributed by atoms with Crippen molar-refractivity contribution in [1.29, 1.82) is 0 Å². The molecule has 0 spiro atoms. The molecule has 1 aliphatic rings. The molecule has 0 fully saturated rings. The van der Waals surface area contributed by atoms with Gasteiger partial charge in [-0.25, -0.2) is 4.79 Å². The van der Waals surface area contributed by atoms with Gasteiger partial charge in [0.05, 0.1) is 5.56 Å². The number of carbonyl (C=O) groups is 1. The minimum absolute atomic E-state index is 0.200. The SMILES string of the molecule is CC1OC(=O)c2cccc(N)c21. The summed E-state index contributed by atoms with van der Waals surface area (Å²) < 4.78 is 4.99. The van der Waals surface area contributed by atoms with Crippen molar-refractivity contribution in [2.24, 2.45) is 0 Å². The number of benzene rings is 1. The van der Waals surface area contributed by atoms with E-state index in [-0.39, 0.29) is 12.1 Å². The Balaban J connectivity index is 2.67. The fourth-order valence-corrected chi connectivity index (χ4v) is 1.50. The molecule has 1 aromatic carbocycles. The number of rotatable bonds is 0. The lowest BCUT2D eigenvalue weighted by Crippen LogP contribution is -1.95. The summed E-state index contributed by atoms with van der Waals surface area (Å²) in [6.07, 6.45) is -0.200. The van der Waals surface area contributed by atoms with Gasteiger partial charge in [-0.05, 0) is 19.1 Å². The number of carbonyl (C=O) groups excluding carboxylic acids is 1. The van der Waals surface area contributed by atoms with Crippen LogP contribution in [0.25, 0.3) is 0 Å². The van der Waals surface area contributed by atoms with Crippen LogP contribution in [0.2, 0.25) is 0 Å². The van der Waals surface area contributed by atoms with E-state index in [2.05, 4.69) is 0 Å². The second kappa shape index (κ2) is 2.24. The van der Waals surface area contributed by atoms with E-state index < -0.39 is 0 Å². The van der Waals surface area contributed by atoms with E-state index in [1.54, 1.807) is 18.2 Å². The van der Waals surface area contributed by atoms with Gasteiger partial charge >= 0.3 is 5.97 Å². The fourth-order valence-electron chi connectivity index (χ4n) is 1.50. The topological polar surface area (TPSA) is 52.3 Å². The van der Waals surface area contributed by atoms with Crippen molar-refractivity contribution in [2.45, 2.75) is 13.0 Å². The van der Waals surface area contributed by atoms with Gasteiger partial charge in [-0.15, -0.1) is 0 Å². The van der Waals surface area contributed by atoms with Crippen molar-refractivity contribution in [3.63, 3.8) is 0 Å². The quantitative estimate of drug-likeness (QED) is 0.465. The molecule has 0 saturated heterocycles. The highest BCUT2D eigenvalue weighted by Crippen LogP contribution is 2.33. The van der Waals surface area contributed by atoms with Crippen LogP contribution in [0.3, 0.4) is 0 Å². The van der Waals surface area contributed by atoms with Crippen LogP contribution in [-0.2, 0) is 4.74 Å². The Labute approximate surface area is 70.1 Å². The third-order valence-corrected chi connectivity index (χ3v) is 2.05. The highest BCUT2D eigenvalue weighted by molar-refractivity contribution is 5.95. The van der Waals surface area contributed by atoms with Gasteiger partial charge in [0, 0.05) is 11.3 Å². The van der Waals surface area contributed by atoms with Crippen molar-refractivity contribution in [3.8, 4) is 0 Å². The van der Waals surface area contributed by atoms with Crippen LogP contribution in [0.5, 0.6) is 0 Å². The van der Waals surface area contributed by atoms with Gasteiger partial charge in [0.15, 0.2) is 0 Å². The van der Waals surface area contributed by atoms with Gasteiger partial charge in [0.25, 0.3) is 0 Å². The smallest absolute Gasteiger partial charge is 0.339 e. The molecule has 0 aliphatic carbocycles. The van der Waals surface area contributed by atoms with Crippen molar-refractivity contribution in [1.82, 2.24) is 0 Å². The van der Waals surface area contributed by atoms with E-state index in [1.165, 1.54) is 0 Å². The molecule has 1 heterocycles. The van der Waals surface area contributed by atoms with Crippen molar-refractivity contribution in [2.75, 3.05) is 5.73 Å². The third-order valence-electron chi connectivity index (χ3n) is 2.05. The van der Waals surface area contributed by atoms with Crippen LogP contribution in [0.15, 0.2) is 18.2 Å². The van der Waals surface area contributed by atoms with Crippen molar-refractivity contribution >= 4 is 11.7 Å². The highest BCUT2D eigenvalue weighted by Gasteiger charge is 2.28. The van der Waals surface area contributed by atoms with Crippen molar-refractivity contribution < 1.29 is 9.53 Å². The first-order chi connectivity index (χ1) is 5.70. The summed E-state index contributed by atoms with van der Waals surface area (Å²) in [5.41, 5.74) is 7.74. The molecule has 0 amide bonds. The van der Waals surface area contributed by atoms with Crippen LogP contribution >= 0.6 is 0 Å². The first kappa shape index (κ1) is 7.16. The number of cyclic esters (lactones) is 1. The zero-order valence-electron chi connectivity index (χ0n) is 6.70. The Kier molecular flexibility index (Phi) is 1.33. The summed E-state index contributed by atoms with van der Waals surface area (Å²) >= 11 is 0. The fraction of sp³-hybridized carbons (Fsp3) is 0.222. The van der Waals surface area contributed by atoms with E-state index in [0.717, 1.165) is 5.56 Å². The van der Waals surface area contributed by atoms with E-state index in [1.807, 2.05) is 6.92 Å². The molecule has 3 nitrogen and oxygen atoms in total. The van der Waals surface area contributed by atoms with Gasteiger partial charge in [0.2, 0.25) is 0 Å². The normalized spacial score (nSPS) is 20.4. The van der Waals surface area contributed by atoms with E-state index in [4.69, 9.17) is 10.5 Å². The lowest BCUT2D eigenvalue weighted by atomic mass is 10.0. The van der Waals surface area contributed by atoms with Crippen LogP contribution in [0, 0.1) is 0 Å². The van der Waals surface area contributed by atoms with E-state index >= 15 is 0 Å². The lowest BCUT2D eigenvalue weighted by Gasteiger charge is -2.04. The Hall–Kier alpha value is -1.51. The molecule has 0 bridgehead atoms. The number of nitrogen functional groups attached to an aromatic ring is 1. The summed E-state index contributed by atoms with van der Waals surface area (Å²) in [5, 5.41) is 0. The minimum Gasteiger partial charge on any atom is -0.454 e. The predicted molar refractivity (Wildman–Crippen MR) is 44.7 cm³/mol. The molecule has 0 aromatic heterocycles. The molecule has 2 rings (SSSR count). The first-order valence-electron chi connectivity index (χ1n) is 3.79. The molecular formula is C9H9NO2. The summed E-state index contributed by atoms with van der Waals surface area (Å²) in [5.74, 6) is -0.273. The zero-order valence-corrected chi connectivity index (χ0v) is 6.70. The number of hydrogen-bond acceptors (Lipinski definition) is 3. The number of fused-ring (bicyclic) bond motifs is 1. The van der Waals surface area contributed by atoms with Gasteiger partial charge in [-0.2, -0.15) is 0 Å². The molecule has 0 saturated carbocycles. The van der Waals surface area contributed by atoms with Crippen LogP contribution < -0.4 is 5.73 Å². The van der Waals surface area contributed by atoms with Gasteiger partial charge in [-0.1, -0.05) is 6.07 Å². The largest absolute Gasteiger partial charge is 0.454 e. The second-order valence-electron chi connectivity index (χ2n) is 2.86. The molecule has 1 aromatic rings. The number of anilines is 1. The first-order valence-corrected chi connectivity index (χ1v) is 3.79. The Morgan fingerprint density at radius 3 is 2.92 bits per heavy atom. The third kappa shape index (κ3) is 0.794. The maximum atomic E-state index is 11.2. The Morgan fingerprint density at radius 1 is 1.50 bits per heavy atom. The molecule has 3 heteroatoms. The number of nitrogens with two attached hydrogens (primary N) is 1. The lowest BCUT2D eigenvalue weighted by molar-refractivity contribution is 0.0422. The van der Waals surface area contributed by atoms with E-state index in [9.17, 15) is 4.79 Å². The van der Waals surface area contributed by atoms with Gasteiger partial charge in [0.1, 0.15) is 6.10 Å². The average molecular weight is 163 g/mol. The summed E-state index contributed by atoms with van der Waals surface area (Å²) in [6, 6.07) is 5.27. The molecule has 0 radical (unpaired) electrons. The standard InChI is InChI=1S/C9H9NO2/c1-5-8-6(9(11)12-5)3-2-4-7(8)10/h2-5H,10H2,1H3.